The van der Waals surface area contributed by atoms with E-state index in [0.717, 1.165) is 0 Å². The minimum Gasteiger partial charge on any atom is -0.373 e. The number of alkyl halides is 19. The molecule has 1 N–H and O–H groups in total. The van der Waals surface area contributed by atoms with Gasteiger partial charge in [0.25, 0.3) is 5.60 Å². The molecule has 0 atom stereocenters. The summed E-state index contributed by atoms with van der Waals surface area (Å²) in [4.78, 5) is 0. The van der Waals surface area contributed by atoms with Gasteiger partial charge in [-0.3, -0.25) is 0 Å². The maximum atomic E-state index is 13.4. The van der Waals surface area contributed by atoms with Gasteiger partial charge in [-0.05, 0) is 5.75 Å². The van der Waals surface area contributed by atoms with E-state index in [1.54, 1.807) is 0 Å². The molecule has 200 valence electrons. The van der Waals surface area contributed by atoms with Gasteiger partial charge >= 0.3 is 48.1 Å². The molecule has 0 spiro atoms. The van der Waals surface area contributed by atoms with Crippen LogP contribution in [0.4, 0.5) is 83.4 Å². The zero-order chi connectivity index (χ0) is 27.3. The van der Waals surface area contributed by atoms with Crippen molar-refractivity contribution in [3.8, 4) is 0 Å². The number of aliphatic hydroxyl groups is 1. The summed E-state index contributed by atoms with van der Waals surface area (Å²) in [7, 11) is 0. The van der Waals surface area contributed by atoms with E-state index >= 15 is 0 Å². The van der Waals surface area contributed by atoms with Gasteiger partial charge < -0.3 is 5.11 Å². The van der Waals surface area contributed by atoms with Crippen LogP contribution in [0.2, 0.25) is 0 Å². The Hall–Kier alpha value is -1.02. The van der Waals surface area contributed by atoms with Crippen LogP contribution in [0.15, 0.2) is 0 Å². The van der Waals surface area contributed by atoms with Crippen molar-refractivity contribution in [2.24, 2.45) is 0 Å². The van der Waals surface area contributed by atoms with Crippen molar-refractivity contribution >= 4 is 11.8 Å². The van der Waals surface area contributed by atoms with Gasteiger partial charge in [-0.1, -0.05) is 0 Å². The molecule has 0 fully saturated rings. The van der Waals surface area contributed by atoms with Crippen LogP contribution in [0.3, 0.4) is 0 Å². The predicted molar refractivity (Wildman–Crippen MR) is 69.8 cm³/mol. The fraction of sp³-hybridized carbons (Fsp3) is 1.00. The Morgan fingerprint density at radius 1 is 0.455 bits per heavy atom. The van der Waals surface area contributed by atoms with Crippen LogP contribution in [-0.2, 0) is 0 Å². The lowest BCUT2D eigenvalue weighted by atomic mass is 9.93. The summed E-state index contributed by atoms with van der Waals surface area (Å²) in [6, 6.07) is 0. The number of rotatable bonds is 9. The molecule has 0 radical (unpaired) electrons. The molecular formula is C12H7F19OS. The smallest absolute Gasteiger partial charge is 0.373 e. The molecule has 0 saturated carbocycles. The third-order valence-corrected chi connectivity index (χ3v) is 4.92. The molecule has 0 saturated heterocycles. The van der Waals surface area contributed by atoms with E-state index in [0.29, 0.717) is 0 Å². The highest BCUT2D eigenvalue weighted by molar-refractivity contribution is 7.99. The Labute approximate surface area is 173 Å². The van der Waals surface area contributed by atoms with Crippen LogP contribution < -0.4 is 0 Å². The van der Waals surface area contributed by atoms with Gasteiger partial charge in [0.2, 0.25) is 0 Å². The largest absolute Gasteiger partial charge is 0.460 e. The summed E-state index contributed by atoms with van der Waals surface area (Å²) in [6.07, 6.45) is -23.7. The van der Waals surface area contributed by atoms with Gasteiger partial charge in [-0.15, -0.1) is 0 Å². The van der Waals surface area contributed by atoms with Crippen molar-refractivity contribution in [3.05, 3.63) is 0 Å². The van der Waals surface area contributed by atoms with E-state index in [-0.39, 0.29) is 0 Å². The highest BCUT2D eigenvalue weighted by Gasteiger charge is 2.90. The monoisotopic (exact) mass is 560 g/mol. The third-order valence-electron chi connectivity index (χ3n) is 3.81. The molecule has 0 aromatic rings. The topological polar surface area (TPSA) is 20.2 Å². The fourth-order valence-electron chi connectivity index (χ4n) is 1.70. The van der Waals surface area contributed by atoms with Crippen molar-refractivity contribution in [3.63, 3.8) is 0 Å². The summed E-state index contributed by atoms with van der Waals surface area (Å²) in [6.45, 7) is 0. The number of hydrogen-bond donors (Lipinski definition) is 1. The minimum absolute atomic E-state index is 1.08. The van der Waals surface area contributed by atoms with Gasteiger partial charge in [0, 0.05) is 12.2 Å². The van der Waals surface area contributed by atoms with E-state index < -0.39 is 83.4 Å². The zero-order valence-electron chi connectivity index (χ0n) is 14.7. The fourth-order valence-corrected chi connectivity index (χ4v) is 2.87. The van der Waals surface area contributed by atoms with Gasteiger partial charge in [0.1, 0.15) is 0 Å². The first-order chi connectivity index (χ1) is 14.0. The quantitative estimate of drug-likeness (QED) is 0.250. The van der Waals surface area contributed by atoms with Gasteiger partial charge in [-0.25, -0.2) is 0 Å². The normalized spacial score (nSPS) is 16.4. The maximum absolute atomic E-state index is 13.4. The summed E-state index contributed by atoms with van der Waals surface area (Å²) in [5.41, 5.74) is -5.63. The van der Waals surface area contributed by atoms with Crippen LogP contribution >= 0.6 is 11.8 Å². The lowest BCUT2D eigenvalue weighted by Crippen LogP contribution is -2.70. The van der Waals surface area contributed by atoms with E-state index in [1.165, 1.54) is 0 Å². The second-order valence-corrected chi connectivity index (χ2v) is 7.26. The SMILES string of the molecule is OC(CSCCC(F)(F)C(F)(F)C(F)(F)C(F)(F)C(F)(F)C(F)(F)F)(C(F)(F)F)C(F)(F)F. The molecule has 1 nitrogen and oxygen atoms in total. The van der Waals surface area contributed by atoms with Crippen LogP contribution in [0.25, 0.3) is 0 Å². The number of thioether (sulfide) groups is 1. The summed E-state index contributed by atoms with van der Waals surface area (Å²) < 4.78 is 241. The molecule has 0 unspecified atom stereocenters. The third kappa shape index (κ3) is 5.16. The first-order valence-electron chi connectivity index (χ1n) is 7.35. The first kappa shape index (κ1) is 32.0. The molecule has 33 heavy (non-hydrogen) atoms. The minimum atomic E-state index is -8.19. The Morgan fingerprint density at radius 3 is 1.09 bits per heavy atom. The molecule has 0 rings (SSSR count). The molecular weight excluding hydrogens is 553 g/mol. The van der Waals surface area contributed by atoms with Crippen LogP contribution in [0.1, 0.15) is 6.42 Å². The van der Waals surface area contributed by atoms with Crippen molar-refractivity contribution in [1.29, 1.82) is 0 Å². The van der Waals surface area contributed by atoms with E-state index in [2.05, 4.69) is 0 Å². The molecule has 0 aromatic carbocycles. The Kier molecular flexibility index (Phi) is 8.31. The Bertz CT molecular complexity index is 658. The standard InChI is InChI=1S/C12H7F19OS/c13-5(14,1-2-33-3-4(32,10(23,24)25)11(26,27)28)6(15,16)7(17,18)8(19,20)9(21,22)12(29,30)31/h32H,1-3H2. The summed E-state index contributed by atoms with van der Waals surface area (Å²) >= 11 is -1.08. The van der Waals surface area contributed by atoms with Crippen LogP contribution in [0, 0.1) is 0 Å². The molecule has 0 aliphatic heterocycles. The highest BCUT2D eigenvalue weighted by atomic mass is 32.2. The van der Waals surface area contributed by atoms with Crippen LogP contribution in [0.5, 0.6) is 0 Å². The van der Waals surface area contributed by atoms with Crippen LogP contribution in [-0.4, -0.2) is 70.4 Å². The van der Waals surface area contributed by atoms with E-state index in [9.17, 15) is 83.4 Å². The predicted octanol–water partition coefficient (Wildman–Crippen LogP) is 6.70. The van der Waals surface area contributed by atoms with Crippen molar-refractivity contribution in [2.45, 2.75) is 60.2 Å². The summed E-state index contributed by atoms with van der Waals surface area (Å²) in [5.74, 6) is -43.5. The average Bonchev–Trinajstić information content (AvgIpc) is 2.54. The first-order valence-corrected chi connectivity index (χ1v) is 8.50. The molecule has 0 heterocycles. The van der Waals surface area contributed by atoms with Gasteiger partial charge in [0.15, 0.2) is 0 Å². The molecule has 0 aliphatic rings. The Morgan fingerprint density at radius 2 is 0.788 bits per heavy atom. The number of halogens is 19. The lowest BCUT2D eigenvalue weighted by molar-refractivity contribution is -0.439. The van der Waals surface area contributed by atoms with Gasteiger partial charge in [0.05, 0.1) is 0 Å². The van der Waals surface area contributed by atoms with E-state index in [4.69, 9.17) is 5.11 Å². The lowest BCUT2D eigenvalue weighted by Gasteiger charge is -2.39. The van der Waals surface area contributed by atoms with Crippen molar-refractivity contribution in [1.82, 2.24) is 0 Å². The Balaban J connectivity index is 5.78. The van der Waals surface area contributed by atoms with Crippen molar-refractivity contribution < 1.29 is 88.5 Å². The zero-order valence-corrected chi connectivity index (χ0v) is 15.5. The molecule has 21 heteroatoms. The average molecular weight is 560 g/mol. The molecule has 0 aromatic heterocycles. The summed E-state index contributed by atoms with van der Waals surface area (Å²) in [5, 5.41) is 8.66. The van der Waals surface area contributed by atoms with E-state index in [1.807, 2.05) is 0 Å². The van der Waals surface area contributed by atoms with Gasteiger partial charge in [-0.2, -0.15) is 95.2 Å². The molecule has 0 bridgehead atoms. The maximum Gasteiger partial charge on any atom is 0.460 e. The second-order valence-electron chi connectivity index (χ2n) is 6.16. The van der Waals surface area contributed by atoms with Crippen molar-refractivity contribution in [2.75, 3.05) is 11.5 Å². The second kappa shape index (κ2) is 8.58. The number of hydrogen-bond acceptors (Lipinski definition) is 2. The molecule has 0 amide bonds. The highest BCUT2D eigenvalue weighted by Crippen LogP contribution is 2.60. The molecule has 0 aliphatic carbocycles.